The van der Waals surface area contributed by atoms with E-state index in [2.05, 4.69) is 10.1 Å². The lowest BCUT2D eigenvalue weighted by atomic mass is 9.83. The summed E-state index contributed by atoms with van der Waals surface area (Å²) in [4.78, 5) is 35.5. The van der Waals surface area contributed by atoms with E-state index in [0.717, 1.165) is 4.90 Å². The summed E-state index contributed by atoms with van der Waals surface area (Å²) in [6.07, 6.45) is 0.998. The minimum absolute atomic E-state index is 0.144. The zero-order chi connectivity index (χ0) is 14.6. The van der Waals surface area contributed by atoms with Gasteiger partial charge in [-0.3, -0.25) is 19.9 Å². The van der Waals surface area contributed by atoms with Gasteiger partial charge in [-0.05, 0) is 12.8 Å². The molecule has 19 heavy (non-hydrogen) atoms. The first-order valence-corrected chi connectivity index (χ1v) is 5.89. The molecule has 1 rings (SSSR count). The van der Waals surface area contributed by atoms with Crippen LogP contribution in [0, 0.1) is 11.3 Å². The highest BCUT2D eigenvalue weighted by Gasteiger charge is 2.53. The highest BCUT2D eigenvalue weighted by molar-refractivity contribution is 6.07. The molecular weight excluding hydrogens is 252 g/mol. The molecule has 0 aromatic heterocycles. The fourth-order valence-electron chi connectivity index (χ4n) is 2.12. The molecule has 1 aliphatic heterocycles. The van der Waals surface area contributed by atoms with Crippen LogP contribution in [-0.2, 0) is 19.1 Å². The Hall–Kier alpha value is -2.12. The number of esters is 1. The van der Waals surface area contributed by atoms with Gasteiger partial charge in [0.2, 0.25) is 11.8 Å². The molecule has 2 unspecified atom stereocenters. The van der Waals surface area contributed by atoms with Crippen LogP contribution >= 0.6 is 0 Å². The molecule has 0 aliphatic carbocycles. The molecule has 1 saturated heterocycles. The molecule has 0 spiro atoms. The summed E-state index contributed by atoms with van der Waals surface area (Å²) in [5.41, 5.74) is 5.12. The van der Waals surface area contributed by atoms with Crippen molar-refractivity contribution in [1.82, 2.24) is 10.2 Å². The lowest BCUT2D eigenvalue weighted by Gasteiger charge is -2.43. The Bertz CT molecular complexity index is 409. The van der Waals surface area contributed by atoms with E-state index in [4.69, 9.17) is 11.1 Å². The lowest BCUT2D eigenvalue weighted by Crippen LogP contribution is -2.66. The van der Waals surface area contributed by atoms with Gasteiger partial charge in [-0.25, -0.2) is 4.79 Å². The van der Waals surface area contributed by atoms with Crippen LogP contribution in [0.1, 0.15) is 19.8 Å². The number of β-lactam (4-membered cyclic amide) rings is 1. The Kier molecular flexibility index (Phi) is 4.85. The van der Waals surface area contributed by atoms with Crippen molar-refractivity contribution in [2.24, 2.45) is 11.7 Å². The van der Waals surface area contributed by atoms with Gasteiger partial charge in [-0.1, -0.05) is 0 Å². The van der Waals surface area contributed by atoms with Crippen molar-refractivity contribution in [3.63, 3.8) is 0 Å². The van der Waals surface area contributed by atoms with Crippen molar-refractivity contribution < 1.29 is 19.1 Å². The molecule has 0 aromatic rings. The number of methoxy groups -OCH3 is 1. The first-order chi connectivity index (χ1) is 8.90. The van der Waals surface area contributed by atoms with E-state index >= 15 is 0 Å². The largest absolute Gasteiger partial charge is 0.467 e. The Morgan fingerprint density at radius 1 is 1.53 bits per heavy atom. The van der Waals surface area contributed by atoms with Gasteiger partial charge in [0.15, 0.2) is 5.96 Å². The van der Waals surface area contributed by atoms with Crippen LogP contribution in [0.25, 0.3) is 0 Å². The average molecular weight is 270 g/mol. The number of rotatable bonds is 5. The van der Waals surface area contributed by atoms with E-state index in [9.17, 15) is 14.4 Å². The molecule has 8 nitrogen and oxygen atoms in total. The fourth-order valence-corrected chi connectivity index (χ4v) is 2.12. The number of likely N-dealkylation sites (tertiary alicyclic amines) is 1. The molecule has 0 aromatic carbocycles. The third-order valence-electron chi connectivity index (χ3n) is 3.00. The molecule has 8 heteroatoms. The lowest BCUT2D eigenvalue weighted by molar-refractivity contribution is -0.178. The summed E-state index contributed by atoms with van der Waals surface area (Å²) in [6.45, 7) is 1.68. The van der Waals surface area contributed by atoms with Crippen molar-refractivity contribution in [1.29, 1.82) is 5.41 Å². The molecule has 0 saturated carbocycles. The van der Waals surface area contributed by atoms with Crippen LogP contribution in [0.15, 0.2) is 0 Å². The third-order valence-corrected chi connectivity index (χ3v) is 3.00. The Morgan fingerprint density at radius 3 is 2.63 bits per heavy atom. The fraction of sp³-hybridized carbons (Fsp3) is 0.636. The van der Waals surface area contributed by atoms with E-state index in [1.165, 1.54) is 14.0 Å². The number of ether oxygens (including phenoxy) is 1. The van der Waals surface area contributed by atoms with Crippen LogP contribution < -0.4 is 11.1 Å². The van der Waals surface area contributed by atoms with Gasteiger partial charge in [0.25, 0.3) is 0 Å². The second kappa shape index (κ2) is 6.17. The normalized spacial score (nSPS) is 21.6. The minimum atomic E-state index is -0.827. The number of carbonyl (C=O) groups excluding carboxylic acids is 3. The molecular formula is C11H18N4O4. The van der Waals surface area contributed by atoms with E-state index < -0.39 is 23.8 Å². The summed E-state index contributed by atoms with van der Waals surface area (Å²) in [5.74, 6) is -2.08. The molecule has 4 N–H and O–H groups in total. The van der Waals surface area contributed by atoms with Gasteiger partial charge in [0, 0.05) is 13.5 Å². The highest BCUT2D eigenvalue weighted by Crippen LogP contribution is 2.31. The SMILES string of the molecule is COC(=O)C1C(CCCNC(=N)N)C(=O)N1C(C)=O. The van der Waals surface area contributed by atoms with Crippen molar-refractivity contribution in [2.45, 2.75) is 25.8 Å². The van der Waals surface area contributed by atoms with Crippen LogP contribution in [0.4, 0.5) is 0 Å². The molecule has 2 amide bonds. The van der Waals surface area contributed by atoms with Gasteiger partial charge in [-0.2, -0.15) is 0 Å². The smallest absolute Gasteiger partial charge is 0.329 e. The maximum Gasteiger partial charge on any atom is 0.329 e. The molecule has 1 aliphatic rings. The quantitative estimate of drug-likeness (QED) is 0.189. The molecule has 106 valence electrons. The highest BCUT2D eigenvalue weighted by atomic mass is 16.5. The zero-order valence-electron chi connectivity index (χ0n) is 10.9. The summed E-state index contributed by atoms with van der Waals surface area (Å²) < 4.78 is 4.60. The number of nitrogens with zero attached hydrogens (tertiary/aromatic N) is 1. The predicted molar refractivity (Wildman–Crippen MR) is 66.0 cm³/mol. The topological polar surface area (TPSA) is 126 Å². The van der Waals surface area contributed by atoms with E-state index in [1.807, 2.05) is 0 Å². The number of nitrogens with one attached hydrogen (secondary N) is 2. The molecule has 0 bridgehead atoms. The van der Waals surface area contributed by atoms with E-state index in [1.54, 1.807) is 0 Å². The number of carbonyl (C=O) groups is 3. The number of nitrogens with two attached hydrogens (primary N) is 1. The van der Waals surface area contributed by atoms with Crippen molar-refractivity contribution >= 4 is 23.7 Å². The summed E-state index contributed by atoms with van der Waals surface area (Å²) in [7, 11) is 1.22. The molecule has 1 heterocycles. The second-order valence-electron chi connectivity index (χ2n) is 4.28. The number of hydrogen-bond acceptors (Lipinski definition) is 5. The molecule has 2 atom stereocenters. The minimum Gasteiger partial charge on any atom is -0.467 e. The number of guanidine groups is 1. The van der Waals surface area contributed by atoms with Gasteiger partial charge < -0.3 is 15.8 Å². The summed E-state index contributed by atoms with van der Waals surface area (Å²) in [6, 6.07) is -0.827. The monoisotopic (exact) mass is 270 g/mol. The maximum absolute atomic E-state index is 11.8. The van der Waals surface area contributed by atoms with Crippen LogP contribution in [0.3, 0.4) is 0 Å². The van der Waals surface area contributed by atoms with Gasteiger partial charge in [0.1, 0.15) is 6.04 Å². The van der Waals surface area contributed by atoms with Crippen LogP contribution in [0.2, 0.25) is 0 Å². The maximum atomic E-state index is 11.8. The predicted octanol–water partition coefficient (Wildman–Crippen LogP) is -1.20. The second-order valence-corrected chi connectivity index (χ2v) is 4.28. The Balaban J connectivity index is 2.56. The summed E-state index contributed by atoms with van der Waals surface area (Å²) in [5, 5.41) is 9.59. The molecule has 1 fully saturated rings. The van der Waals surface area contributed by atoms with Crippen molar-refractivity contribution in [3.05, 3.63) is 0 Å². The number of hydrogen-bond donors (Lipinski definition) is 3. The van der Waals surface area contributed by atoms with Crippen molar-refractivity contribution in [3.8, 4) is 0 Å². The van der Waals surface area contributed by atoms with Crippen molar-refractivity contribution in [2.75, 3.05) is 13.7 Å². The van der Waals surface area contributed by atoms with Crippen LogP contribution in [0.5, 0.6) is 0 Å². The third kappa shape index (κ3) is 3.21. The summed E-state index contributed by atoms with van der Waals surface area (Å²) >= 11 is 0. The number of amides is 2. The van der Waals surface area contributed by atoms with E-state index in [-0.39, 0.29) is 11.9 Å². The average Bonchev–Trinajstić information content (AvgIpc) is 2.33. The van der Waals surface area contributed by atoms with Gasteiger partial charge in [-0.15, -0.1) is 0 Å². The molecule has 0 radical (unpaired) electrons. The zero-order valence-corrected chi connectivity index (χ0v) is 10.9. The standard InChI is InChI=1S/C11H18N4O4/c1-6(16)15-8(10(18)19-2)7(9(15)17)4-3-5-14-11(12)13/h7-8H,3-5H2,1-2H3,(H4,12,13,14). The van der Waals surface area contributed by atoms with Gasteiger partial charge >= 0.3 is 5.97 Å². The van der Waals surface area contributed by atoms with E-state index in [0.29, 0.717) is 19.4 Å². The Labute approximate surface area is 110 Å². The first-order valence-electron chi connectivity index (χ1n) is 5.89. The Morgan fingerprint density at radius 2 is 2.16 bits per heavy atom. The number of imide groups is 1. The first kappa shape index (κ1) is 14.9. The van der Waals surface area contributed by atoms with Gasteiger partial charge in [0.05, 0.1) is 13.0 Å². The van der Waals surface area contributed by atoms with Crippen LogP contribution in [-0.4, -0.2) is 48.3 Å².